The van der Waals surface area contributed by atoms with E-state index < -0.39 is 48.3 Å². The second-order valence-electron chi connectivity index (χ2n) is 6.88. The lowest BCUT2D eigenvalue weighted by atomic mass is 10.1. The Hall–Kier alpha value is -1.30. The first-order valence-corrected chi connectivity index (χ1v) is 6.90. The molecular weight excluding hydrogens is 274 g/mol. The fourth-order valence-corrected chi connectivity index (χ4v) is 1.82. The molecule has 1 heterocycles. The first-order chi connectivity index (χ1) is 10.3. The lowest BCUT2D eigenvalue weighted by molar-refractivity contribution is -0.162. The Morgan fingerprint density at radius 1 is 1.05 bits per heavy atom. The van der Waals surface area contributed by atoms with Crippen LogP contribution in [0.3, 0.4) is 0 Å². The lowest BCUT2D eigenvalue weighted by Gasteiger charge is -2.32. The van der Waals surface area contributed by atoms with Gasteiger partial charge in [-0.05, 0) is 54.3 Å². The molecule has 122 valence electrons. The SMILES string of the molecule is [2H][C@@H]1[C@@H](C(=O)OC(C)(C)C)N(C(=O)OC(C)(C)C)C(OC)[C@@H]1[2H]. The minimum absolute atomic E-state index is 0.736. The van der Waals surface area contributed by atoms with E-state index in [9.17, 15) is 9.59 Å². The molecule has 1 fully saturated rings. The average molecular weight is 303 g/mol. The highest BCUT2D eigenvalue weighted by molar-refractivity contribution is 5.82. The van der Waals surface area contributed by atoms with E-state index in [-0.39, 0.29) is 0 Å². The summed E-state index contributed by atoms with van der Waals surface area (Å²) in [5.74, 6) is -0.736. The van der Waals surface area contributed by atoms with Gasteiger partial charge in [0.25, 0.3) is 0 Å². The zero-order chi connectivity index (χ0) is 18.2. The van der Waals surface area contributed by atoms with E-state index in [0.29, 0.717) is 0 Å². The number of hydrogen-bond donors (Lipinski definition) is 0. The highest BCUT2D eigenvalue weighted by atomic mass is 16.6. The van der Waals surface area contributed by atoms with Crippen molar-refractivity contribution in [2.75, 3.05) is 7.11 Å². The van der Waals surface area contributed by atoms with Crippen molar-refractivity contribution in [3.8, 4) is 0 Å². The van der Waals surface area contributed by atoms with Crippen molar-refractivity contribution >= 4 is 12.1 Å². The maximum absolute atomic E-state index is 12.5. The minimum Gasteiger partial charge on any atom is -0.458 e. The number of esters is 1. The summed E-state index contributed by atoms with van der Waals surface area (Å²) in [7, 11) is 1.33. The van der Waals surface area contributed by atoms with E-state index in [2.05, 4.69) is 0 Å². The molecule has 0 bridgehead atoms. The van der Waals surface area contributed by atoms with Crippen LogP contribution >= 0.6 is 0 Å². The van der Waals surface area contributed by atoms with Gasteiger partial charge in [-0.15, -0.1) is 0 Å². The monoisotopic (exact) mass is 303 g/mol. The summed E-state index contributed by atoms with van der Waals surface area (Å²) in [4.78, 5) is 25.9. The number of likely N-dealkylation sites (tertiary alicyclic amines) is 1. The second kappa shape index (κ2) is 6.22. The van der Waals surface area contributed by atoms with Gasteiger partial charge in [0.2, 0.25) is 0 Å². The summed E-state index contributed by atoms with van der Waals surface area (Å²) in [6.07, 6.45) is -4.11. The number of methoxy groups -OCH3 is 1. The highest BCUT2D eigenvalue weighted by Gasteiger charge is 2.44. The van der Waals surface area contributed by atoms with Gasteiger partial charge in [-0.1, -0.05) is 0 Å². The van der Waals surface area contributed by atoms with Crippen LogP contribution in [0.4, 0.5) is 4.79 Å². The van der Waals surface area contributed by atoms with Gasteiger partial charge in [-0.3, -0.25) is 4.90 Å². The number of nitrogens with zero attached hydrogens (tertiary/aromatic N) is 1. The Kier molecular flexibility index (Phi) is 4.33. The molecule has 6 nitrogen and oxygen atoms in total. The predicted molar refractivity (Wildman–Crippen MR) is 77.7 cm³/mol. The number of carbonyl (C=O) groups is 2. The minimum atomic E-state index is -1.24. The van der Waals surface area contributed by atoms with E-state index in [1.807, 2.05) is 0 Å². The fourth-order valence-electron chi connectivity index (χ4n) is 1.82. The van der Waals surface area contributed by atoms with Crippen LogP contribution in [-0.2, 0) is 19.0 Å². The second-order valence-corrected chi connectivity index (χ2v) is 6.88. The largest absolute Gasteiger partial charge is 0.458 e. The number of ether oxygens (including phenoxy) is 3. The molecule has 1 amide bonds. The smallest absolute Gasteiger partial charge is 0.413 e. The molecular formula is C15H27NO5. The van der Waals surface area contributed by atoms with Gasteiger partial charge < -0.3 is 14.2 Å². The van der Waals surface area contributed by atoms with Crippen LogP contribution < -0.4 is 0 Å². The molecule has 21 heavy (non-hydrogen) atoms. The molecule has 4 atom stereocenters. The van der Waals surface area contributed by atoms with E-state index >= 15 is 0 Å². The zero-order valence-electron chi connectivity index (χ0n) is 15.8. The van der Waals surface area contributed by atoms with Gasteiger partial charge in [0.05, 0.1) is 0 Å². The first-order valence-electron chi connectivity index (χ1n) is 8.05. The predicted octanol–water partition coefficient (Wildman–Crippen LogP) is 2.70. The van der Waals surface area contributed by atoms with Crippen molar-refractivity contribution in [2.24, 2.45) is 0 Å². The van der Waals surface area contributed by atoms with Crippen LogP contribution in [0, 0.1) is 0 Å². The van der Waals surface area contributed by atoms with Crippen molar-refractivity contribution < 1.29 is 26.5 Å². The normalized spacial score (nSPS) is 31.5. The van der Waals surface area contributed by atoms with Crippen LogP contribution in [0.15, 0.2) is 0 Å². The van der Waals surface area contributed by atoms with Crippen LogP contribution in [0.5, 0.6) is 0 Å². The number of amides is 1. The van der Waals surface area contributed by atoms with Crippen molar-refractivity contribution in [2.45, 2.75) is 77.8 Å². The summed E-state index contributed by atoms with van der Waals surface area (Å²) >= 11 is 0. The standard InChI is InChI=1S/C15H27NO5/c1-14(2,3)20-12(17)10-8-9-11(19-7)16(10)13(18)21-15(4,5)6/h10-11H,8-9H2,1-7H3/t10-,11?/m0/s1/i8D,9D/t8-,9+,10-,11?. The third-order valence-electron chi connectivity index (χ3n) is 2.53. The molecule has 1 aliphatic heterocycles. The van der Waals surface area contributed by atoms with E-state index in [0.717, 1.165) is 4.90 Å². The van der Waals surface area contributed by atoms with Gasteiger partial charge in [-0.25, -0.2) is 9.59 Å². The van der Waals surface area contributed by atoms with Crippen LogP contribution in [-0.4, -0.2) is 47.5 Å². The molecule has 0 aliphatic carbocycles. The van der Waals surface area contributed by atoms with Gasteiger partial charge in [0.1, 0.15) is 23.5 Å². The third-order valence-corrected chi connectivity index (χ3v) is 2.53. The molecule has 1 rings (SSSR count). The molecule has 0 spiro atoms. The maximum Gasteiger partial charge on any atom is 0.413 e. The molecule has 1 unspecified atom stereocenters. The summed E-state index contributed by atoms with van der Waals surface area (Å²) in [5.41, 5.74) is -1.54. The third kappa shape index (κ3) is 5.19. The lowest BCUT2D eigenvalue weighted by Crippen LogP contribution is -2.49. The number of hydrogen-bond acceptors (Lipinski definition) is 5. The molecule has 0 radical (unpaired) electrons. The maximum atomic E-state index is 12.5. The summed E-state index contributed by atoms with van der Waals surface area (Å²) in [5, 5.41) is 0. The molecule has 0 aromatic heterocycles. The Bertz CT molecular complexity index is 458. The van der Waals surface area contributed by atoms with Crippen LogP contribution in [0.1, 0.15) is 57.1 Å². The summed E-state index contributed by atoms with van der Waals surface area (Å²) < 4.78 is 31.9. The fraction of sp³-hybridized carbons (Fsp3) is 0.867. The van der Waals surface area contributed by atoms with Crippen molar-refractivity contribution in [3.63, 3.8) is 0 Å². The molecule has 1 saturated heterocycles. The number of rotatable bonds is 2. The van der Waals surface area contributed by atoms with Gasteiger partial charge >= 0.3 is 12.1 Å². The molecule has 1 aliphatic rings. The van der Waals surface area contributed by atoms with Crippen molar-refractivity contribution in [3.05, 3.63) is 0 Å². The van der Waals surface area contributed by atoms with E-state index in [1.165, 1.54) is 7.11 Å². The van der Waals surface area contributed by atoms with Gasteiger partial charge in [0, 0.05) is 9.85 Å². The van der Waals surface area contributed by atoms with Crippen LogP contribution in [0.25, 0.3) is 0 Å². The molecule has 6 heteroatoms. The first kappa shape index (κ1) is 14.6. The molecule has 0 aromatic carbocycles. The Balaban J connectivity index is 3.12. The highest BCUT2D eigenvalue weighted by Crippen LogP contribution is 2.28. The molecule has 0 saturated carbocycles. The summed E-state index contributed by atoms with van der Waals surface area (Å²) in [6.45, 7) is 10.2. The van der Waals surface area contributed by atoms with E-state index in [1.54, 1.807) is 41.5 Å². The van der Waals surface area contributed by atoms with Crippen molar-refractivity contribution in [1.29, 1.82) is 0 Å². The quantitative estimate of drug-likeness (QED) is 0.734. The Labute approximate surface area is 129 Å². The number of carbonyl (C=O) groups excluding carboxylic acids is 2. The van der Waals surface area contributed by atoms with E-state index in [4.69, 9.17) is 17.0 Å². The Morgan fingerprint density at radius 3 is 2.00 bits per heavy atom. The zero-order valence-corrected chi connectivity index (χ0v) is 13.8. The van der Waals surface area contributed by atoms with Crippen molar-refractivity contribution in [1.82, 2.24) is 4.90 Å². The average Bonchev–Trinajstić information content (AvgIpc) is 2.57. The van der Waals surface area contributed by atoms with Gasteiger partial charge in [0.15, 0.2) is 0 Å². The van der Waals surface area contributed by atoms with Gasteiger partial charge in [-0.2, -0.15) is 0 Å². The molecule has 0 aromatic rings. The molecule has 0 N–H and O–H groups in total. The topological polar surface area (TPSA) is 65.1 Å². The Morgan fingerprint density at radius 2 is 1.57 bits per heavy atom. The van der Waals surface area contributed by atoms with Crippen LogP contribution in [0.2, 0.25) is 0 Å². The summed E-state index contributed by atoms with van der Waals surface area (Å²) in [6, 6.07) is -1.24.